The number of nitrogens with one attached hydrogen (secondary N) is 3. The van der Waals surface area contributed by atoms with Crippen LogP contribution < -0.4 is 16.1 Å². The highest BCUT2D eigenvalue weighted by Gasteiger charge is 2.37. The molecule has 0 aliphatic rings. The van der Waals surface area contributed by atoms with Crippen LogP contribution in [0.4, 0.5) is 9.59 Å². The molecule has 294 valence electrons. The molecule has 0 fully saturated rings. The van der Waals surface area contributed by atoms with Crippen LogP contribution in [-0.2, 0) is 36.8 Å². The van der Waals surface area contributed by atoms with Crippen molar-refractivity contribution < 1.29 is 38.5 Å². The van der Waals surface area contributed by atoms with E-state index in [4.69, 9.17) is 14.2 Å². The highest BCUT2D eigenvalue weighted by molar-refractivity contribution is 5.88. The summed E-state index contributed by atoms with van der Waals surface area (Å²) in [5, 5.41) is 18.9. The standard InChI is InChI=1S/C41H57N5O8/c1-40(2,3)35(43-39(51)54-23-22-52-7)33(47)25-31(24-28-14-10-9-11-15-28)34(48)27-46(45-37(49)36(41(4,5)6)44-38(50)53-8)26-29-17-19-30(20-18-29)32-16-12-13-21-42-32/h9-21,31,34-36,48H,22-27H2,1-8H3,(H,43,51)(H,44,50)(H,45,49). The molecule has 1 aromatic heterocycles. The van der Waals surface area contributed by atoms with Gasteiger partial charge in [-0.3, -0.25) is 20.0 Å². The summed E-state index contributed by atoms with van der Waals surface area (Å²) in [6, 6.07) is 21.0. The summed E-state index contributed by atoms with van der Waals surface area (Å²) in [6.07, 6.45) is -0.631. The minimum Gasteiger partial charge on any atom is -0.453 e. The van der Waals surface area contributed by atoms with Gasteiger partial charge in [0.2, 0.25) is 0 Å². The number of pyridine rings is 1. The predicted octanol–water partition coefficient (Wildman–Crippen LogP) is 5.32. The number of benzene rings is 2. The van der Waals surface area contributed by atoms with E-state index in [2.05, 4.69) is 21.0 Å². The Labute approximate surface area is 319 Å². The molecule has 13 nitrogen and oxygen atoms in total. The van der Waals surface area contributed by atoms with Gasteiger partial charge >= 0.3 is 12.2 Å². The van der Waals surface area contributed by atoms with Crippen LogP contribution in [0.5, 0.6) is 0 Å². The van der Waals surface area contributed by atoms with Crippen LogP contribution in [0.1, 0.15) is 59.1 Å². The first-order chi connectivity index (χ1) is 25.5. The van der Waals surface area contributed by atoms with Crippen molar-refractivity contribution >= 4 is 23.9 Å². The lowest BCUT2D eigenvalue weighted by atomic mass is 9.79. The summed E-state index contributed by atoms with van der Waals surface area (Å²) >= 11 is 0. The van der Waals surface area contributed by atoms with Crippen molar-refractivity contribution in [2.75, 3.05) is 34.0 Å². The number of aliphatic hydroxyl groups is 1. The number of hydrogen-bond acceptors (Lipinski definition) is 10. The molecule has 0 saturated heterocycles. The number of ether oxygens (including phenoxy) is 3. The van der Waals surface area contributed by atoms with Crippen LogP contribution in [0.25, 0.3) is 11.3 Å². The van der Waals surface area contributed by atoms with E-state index >= 15 is 0 Å². The number of amides is 3. The molecule has 0 bridgehead atoms. The smallest absolute Gasteiger partial charge is 0.407 e. The van der Waals surface area contributed by atoms with Crippen molar-refractivity contribution in [1.82, 2.24) is 26.1 Å². The third-order valence-corrected chi connectivity index (χ3v) is 8.86. The third-order valence-electron chi connectivity index (χ3n) is 8.86. The molecule has 0 radical (unpaired) electrons. The monoisotopic (exact) mass is 747 g/mol. The third kappa shape index (κ3) is 14.2. The van der Waals surface area contributed by atoms with E-state index in [0.717, 1.165) is 22.4 Å². The number of hydrogen-bond donors (Lipinski definition) is 4. The van der Waals surface area contributed by atoms with E-state index < -0.39 is 53.0 Å². The number of hydrazine groups is 1. The Hall–Kier alpha value is -4.85. The fourth-order valence-corrected chi connectivity index (χ4v) is 5.93. The maximum atomic E-state index is 14.0. The number of methoxy groups -OCH3 is 2. The zero-order valence-corrected chi connectivity index (χ0v) is 32.8. The first kappa shape index (κ1) is 43.6. The second-order valence-electron chi connectivity index (χ2n) is 15.5. The lowest BCUT2D eigenvalue weighted by Gasteiger charge is -2.35. The lowest BCUT2D eigenvalue weighted by molar-refractivity contribution is -0.132. The van der Waals surface area contributed by atoms with Crippen LogP contribution in [0.3, 0.4) is 0 Å². The van der Waals surface area contributed by atoms with Gasteiger partial charge in [0.15, 0.2) is 5.78 Å². The average Bonchev–Trinajstić information content (AvgIpc) is 3.12. The van der Waals surface area contributed by atoms with E-state index in [-0.39, 0.29) is 38.5 Å². The maximum absolute atomic E-state index is 14.0. The number of rotatable bonds is 18. The highest BCUT2D eigenvalue weighted by Crippen LogP contribution is 2.26. The molecule has 54 heavy (non-hydrogen) atoms. The number of alkyl carbamates (subject to hydrolysis) is 2. The van der Waals surface area contributed by atoms with Crippen molar-refractivity contribution in [2.24, 2.45) is 16.7 Å². The van der Waals surface area contributed by atoms with Gasteiger partial charge in [0.05, 0.1) is 31.6 Å². The Bertz CT molecular complexity index is 1630. The molecule has 0 aliphatic carbocycles. The van der Waals surface area contributed by atoms with E-state index in [1.54, 1.807) is 11.2 Å². The minimum atomic E-state index is -1.13. The molecule has 0 saturated carbocycles. The SMILES string of the molecule is COCCOC(=O)NC(C(=O)CC(Cc1ccccc1)C(O)CN(Cc1ccc(-c2ccccn2)cc1)NC(=O)C(NC(=O)OC)C(C)(C)C)C(C)(C)C. The van der Waals surface area contributed by atoms with Crippen LogP contribution in [0.15, 0.2) is 79.0 Å². The fraction of sp³-hybridized carbons (Fsp3) is 0.488. The second-order valence-corrected chi connectivity index (χ2v) is 15.5. The van der Waals surface area contributed by atoms with Gasteiger partial charge in [0, 0.05) is 38.4 Å². The Kier molecular flexibility index (Phi) is 16.6. The Morgan fingerprint density at radius 1 is 0.778 bits per heavy atom. The summed E-state index contributed by atoms with van der Waals surface area (Å²) < 4.78 is 15.0. The summed E-state index contributed by atoms with van der Waals surface area (Å²) in [4.78, 5) is 57.2. The van der Waals surface area contributed by atoms with Crippen molar-refractivity contribution in [3.8, 4) is 11.3 Å². The number of aromatic nitrogens is 1. The number of nitrogens with zero attached hydrogens (tertiary/aromatic N) is 2. The van der Waals surface area contributed by atoms with Gasteiger partial charge in [0.1, 0.15) is 12.6 Å². The highest BCUT2D eigenvalue weighted by atomic mass is 16.6. The van der Waals surface area contributed by atoms with E-state index in [1.807, 2.05) is 114 Å². The normalized spacial score (nSPS) is 14.0. The molecule has 4 atom stereocenters. The van der Waals surface area contributed by atoms with Crippen LogP contribution in [0, 0.1) is 16.7 Å². The van der Waals surface area contributed by atoms with Gasteiger partial charge in [-0.15, -0.1) is 0 Å². The van der Waals surface area contributed by atoms with Crippen molar-refractivity contribution in [3.05, 3.63) is 90.1 Å². The molecule has 0 aliphatic heterocycles. The number of carbonyl (C=O) groups is 4. The van der Waals surface area contributed by atoms with E-state index in [0.29, 0.717) is 6.42 Å². The fourth-order valence-electron chi connectivity index (χ4n) is 5.93. The van der Waals surface area contributed by atoms with E-state index in [9.17, 15) is 24.3 Å². The molecule has 4 unspecified atom stereocenters. The molecule has 3 rings (SSSR count). The van der Waals surface area contributed by atoms with Gasteiger partial charge in [-0.25, -0.2) is 14.6 Å². The van der Waals surface area contributed by atoms with E-state index in [1.165, 1.54) is 14.2 Å². The molecular weight excluding hydrogens is 690 g/mol. The van der Waals surface area contributed by atoms with Gasteiger partial charge in [-0.1, -0.05) is 102 Å². The molecule has 1 heterocycles. The summed E-state index contributed by atoms with van der Waals surface area (Å²) in [7, 11) is 2.72. The summed E-state index contributed by atoms with van der Waals surface area (Å²) in [6.45, 7) is 11.3. The van der Waals surface area contributed by atoms with Crippen molar-refractivity contribution in [1.29, 1.82) is 0 Å². The Morgan fingerprint density at radius 2 is 1.41 bits per heavy atom. The number of ketones is 1. The largest absolute Gasteiger partial charge is 0.453 e. The zero-order valence-electron chi connectivity index (χ0n) is 32.8. The van der Waals surface area contributed by atoms with Crippen LogP contribution in [-0.4, -0.2) is 91.1 Å². The van der Waals surface area contributed by atoms with Gasteiger partial charge in [-0.05, 0) is 46.4 Å². The predicted molar refractivity (Wildman–Crippen MR) is 206 cm³/mol. The summed E-state index contributed by atoms with van der Waals surface area (Å²) in [5.41, 5.74) is 5.02. The minimum absolute atomic E-state index is 0.0291. The summed E-state index contributed by atoms with van der Waals surface area (Å²) in [5.74, 6) is -1.40. The molecule has 2 aromatic carbocycles. The number of Topliss-reactive ketones (excluding diaryl/α,β-unsaturated/α-hetero) is 1. The van der Waals surface area contributed by atoms with Gasteiger partial charge < -0.3 is 30.0 Å². The first-order valence-electron chi connectivity index (χ1n) is 18.1. The number of aliphatic hydroxyl groups excluding tert-OH is 1. The molecule has 13 heteroatoms. The van der Waals surface area contributed by atoms with Crippen LogP contribution in [0.2, 0.25) is 0 Å². The van der Waals surface area contributed by atoms with Crippen molar-refractivity contribution in [2.45, 2.75) is 79.1 Å². The molecule has 0 spiro atoms. The maximum Gasteiger partial charge on any atom is 0.407 e. The second kappa shape index (κ2) is 20.6. The average molecular weight is 748 g/mol. The Morgan fingerprint density at radius 3 is 1.98 bits per heavy atom. The van der Waals surface area contributed by atoms with Crippen molar-refractivity contribution in [3.63, 3.8) is 0 Å². The van der Waals surface area contributed by atoms with Gasteiger partial charge in [-0.2, -0.15) is 0 Å². The van der Waals surface area contributed by atoms with Crippen LogP contribution >= 0.6 is 0 Å². The molecule has 3 aromatic rings. The quantitative estimate of drug-likeness (QED) is 0.0988. The molecular formula is C41H57N5O8. The first-order valence-corrected chi connectivity index (χ1v) is 18.1. The molecule has 3 amide bonds. The number of carbonyl (C=O) groups excluding carboxylic acids is 4. The molecule has 4 N–H and O–H groups in total. The lowest BCUT2D eigenvalue weighted by Crippen LogP contribution is -2.58. The topological polar surface area (TPSA) is 168 Å². The zero-order chi connectivity index (χ0) is 39.9. The Balaban J connectivity index is 1.94. The van der Waals surface area contributed by atoms with Gasteiger partial charge in [0.25, 0.3) is 5.91 Å².